The van der Waals surface area contributed by atoms with Gasteiger partial charge in [0.15, 0.2) is 0 Å². The minimum absolute atomic E-state index is 0.170. The molecule has 1 heterocycles. The molecule has 1 aliphatic heterocycles. The first kappa shape index (κ1) is 34.5. The van der Waals surface area contributed by atoms with Crippen molar-refractivity contribution in [2.24, 2.45) is 5.41 Å². The molecule has 0 N–H and O–H groups in total. The van der Waals surface area contributed by atoms with Crippen molar-refractivity contribution in [2.75, 3.05) is 0 Å². The Kier molecular flexibility index (Phi) is 8.54. The summed E-state index contributed by atoms with van der Waals surface area (Å²) in [7, 11) is 14.7. The minimum atomic E-state index is -5.00. The predicted octanol–water partition coefficient (Wildman–Crippen LogP) is 10.4. The molecule has 250 valence electrons. The molecule has 1 aliphatic carbocycles. The quantitative estimate of drug-likeness (QED) is 0.123. The van der Waals surface area contributed by atoms with E-state index in [0.29, 0.717) is 22.3 Å². The summed E-state index contributed by atoms with van der Waals surface area (Å²) in [5.41, 5.74) is 2.66. The SMILES string of the molecule is CC(C)(C)C1=Cc2c(ccc(-c3ccccc3)c2-c2cc(C(F)(F)F)cc(C(F)(F)F)c2)[CH]1[Zr]([Cl])([Cl])[c]1cccc2c1[SiH2]c1ccccc1-2. The first-order chi connectivity index (χ1) is 23.0. The van der Waals surface area contributed by atoms with Crippen molar-refractivity contribution < 1.29 is 44.2 Å². The standard InChI is InChI=1S/C27H21F6.C12H9Si.2ClH.Zr/c1-25(2,3)19-11-17-9-10-22(16-7-5-4-6-8-16)24(23(17)15-19)18-12-20(26(28,29)30)14-21(13-18)27(31,32)33;1-3-7-11-9(5-1)10-6-2-4-8-12(10)13-11;;;/h4-15H,1-3H3;1-7H,13H2;2*1H;/q;;;;+2/p-2. The zero-order valence-corrected chi connectivity index (χ0v) is 32.1. The van der Waals surface area contributed by atoms with E-state index in [2.05, 4.69) is 18.2 Å². The molecule has 49 heavy (non-hydrogen) atoms. The number of allylic oxidation sites excluding steroid dienone is 1. The molecular formula is C39H30Cl2F6SiZr. The first-order valence-electron chi connectivity index (χ1n) is 15.8. The number of halogens is 8. The summed E-state index contributed by atoms with van der Waals surface area (Å²) in [5, 5.41) is 2.54. The van der Waals surface area contributed by atoms with Crippen LogP contribution >= 0.6 is 17.0 Å². The molecule has 0 saturated carbocycles. The van der Waals surface area contributed by atoms with Gasteiger partial charge < -0.3 is 0 Å². The topological polar surface area (TPSA) is 0 Å². The molecule has 0 aromatic heterocycles. The molecule has 1 unspecified atom stereocenters. The van der Waals surface area contributed by atoms with Crippen molar-refractivity contribution in [1.82, 2.24) is 0 Å². The van der Waals surface area contributed by atoms with Crippen LogP contribution in [0.15, 0.2) is 109 Å². The molecule has 0 radical (unpaired) electrons. The molecule has 10 heteroatoms. The Bertz CT molecular complexity index is 2110. The molecule has 0 amide bonds. The van der Waals surface area contributed by atoms with Crippen molar-refractivity contribution in [2.45, 2.75) is 36.7 Å². The van der Waals surface area contributed by atoms with Crippen molar-refractivity contribution in [3.8, 4) is 33.4 Å². The maximum absolute atomic E-state index is 14.2. The molecule has 0 fully saturated rings. The number of fused-ring (bicyclic) bond motifs is 4. The van der Waals surface area contributed by atoms with Crippen LogP contribution < -0.4 is 13.6 Å². The Hall–Kier alpha value is -2.90. The normalized spacial score (nSPS) is 16.4. The average molecular weight is 803 g/mol. The van der Waals surface area contributed by atoms with Gasteiger partial charge in [-0.05, 0) is 0 Å². The average Bonchev–Trinajstić information content (AvgIpc) is 3.63. The third kappa shape index (κ3) is 6.11. The summed E-state index contributed by atoms with van der Waals surface area (Å²) in [4.78, 5) is 0. The fourth-order valence-electron chi connectivity index (χ4n) is 7.38. The van der Waals surface area contributed by atoms with Crippen LogP contribution in [0.3, 0.4) is 0 Å². The predicted molar refractivity (Wildman–Crippen MR) is 189 cm³/mol. The summed E-state index contributed by atoms with van der Waals surface area (Å²) in [6, 6.07) is 28.9. The number of alkyl halides is 6. The van der Waals surface area contributed by atoms with Crippen molar-refractivity contribution in [3.63, 3.8) is 0 Å². The summed E-state index contributed by atoms with van der Waals surface area (Å²) >= 11 is -4.54. The van der Waals surface area contributed by atoms with E-state index in [9.17, 15) is 26.3 Å². The Morgan fingerprint density at radius 2 is 1.24 bits per heavy atom. The van der Waals surface area contributed by atoms with Crippen LogP contribution in [0.2, 0.25) is 0 Å². The van der Waals surface area contributed by atoms with Crippen molar-refractivity contribution in [3.05, 3.63) is 131 Å². The van der Waals surface area contributed by atoms with E-state index in [1.807, 2.05) is 57.2 Å². The second-order valence-electron chi connectivity index (χ2n) is 13.7. The number of benzene rings is 5. The van der Waals surface area contributed by atoms with Gasteiger partial charge in [0.25, 0.3) is 0 Å². The molecule has 0 nitrogen and oxygen atoms in total. The van der Waals surface area contributed by atoms with Gasteiger partial charge in [0.05, 0.1) is 0 Å². The molecule has 7 rings (SSSR count). The maximum atomic E-state index is 14.2. The number of hydrogen-bond acceptors (Lipinski definition) is 0. The molecule has 0 bridgehead atoms. The van der Waals surface area contributed by atoms with Gasteiger partial charge in [-0.1, -0.05) is 0 Å². The number of rotatable bonds is 4. The van der Waals surface area contributed by atoms with Crippen molar-refractivity contribution >= 4 is 46.3 Å². The summed E-state index contributed by atoms with van der Waals surface area (Å²) in [5.74, 6) is 0. The van der Waals surface area contributed by atoms with E-state index in [1.54, 1.807) is 36.4 Å². The van der Waals surface area contributed by atoms with Gasteiger partial charge in [0.1, 0.15) is 0 Å². The second kappa shape index (κ2) is 12.1. The summed E-state index contributed by atoms with van der Waals surface area (Å²) < 4.78 is 85.6. The van der Waals surface area contributed by atoms with Crippen LogP contribution in [0.4, 0.5) is 26.3 Å². The third-order valence-electron chi connectivity index (χ3n) is 9.60. The Balaban J connectivity index is 1.51. The van der Waals surface area contributed by atoms with E-state index < -0.39 is 59.9 Å². The molecule has 0 spiro atoms. The fourth-order valence-corrected chi connectivity index (χ4v) is 24.5. The van der Waals surface area contributed by atoms with Crippen LogP contribution in [0, 0.1) is 5.41 Å². The Labute approximate surface area is 295 Å². The Morgan fingerprint density at radius 3 is 1.88 bits per heavy atom. The zero-order chi connectivity index (χ0) is 35.1. The van der Waals surface area contributed by atoms with Gasteiger partial charge in [-0.3, -0.25) is 0 Å². The van der Waals surface area contributed by atoms with E-state index in [0.717, 1.165) is 32.1 Å². The molecule has 5 aromatic carbocycles. The molecule has 1 atom stereocenters. The van der Waals surface area contributed by atoms with Gasteiger partial charge >= 0.3 is 297 Å². The summed E-state index contributed by atoms with van der Waals surface area (Å²) in [6.07, 6.45) is -8.06. The van der Waals surface area contributed by atoms with E-state index in [1.165, 1.54) is 15.9 Å². The summed E-state index contributed by atoms with van der Waals surface area (Å²) in [6.45, 7) is 6.12. The van der Waals surface area contributed by atoms with Gasteiger partial charge in [-0.25, -0.2) is 0 Å². The van der Waals surface area contributed by atoms with Crippen molar-refractivity contribution in [1.29, 1.82) is 0 Å². The van der Waals surface area contributed by atoms with E-state index >= 15 is 0 Å². The van der Waals surface area contributed by atoms with Gasteiger partial charge in [-0.15, -0.1) is 0 Å². The Morgan fingerprint density at radius 1 is 0.633 bits per heavy atom. The number of hydrogen-bond donors (Lipinski definition) is 0. The zero-order valence-electron chi connectivity index (χ0n) is 26.7. The van der Waals surface area contributed by atoms with Crippen LogP contribution in [-0.2, 0) is 30.2 Å². The third-order valence-corrected chi connectivity index (χ3v) is 23.8. The van der Waals surface area contributed by atoms with E-state index in [-0.39, 0.29) is 11.6 Å². The van der Waals surface area contributed by atoms with Crippen LogP contribution in [-0.4, -0.2) is 9.52 Å². The van der Waals surface area contributed by atoms with E-state index in [4.69, 9.17) is 17.0 Å². The van der Waals surface area contributed by atoms with Crippen LogP contribution in [0.25, 0.3) is 39.5 Å². The molecule has 5 aromatic rings. The van der Waals surface area contributed by atoms with Crippen LogP contribution in [0.5, 0.6) is 0 Å². The first-order valence-corrected chi connectivity index (χ1v) is 26.2. The molecule has 2 aliphatic rings. The monoisotopic (exact) mass is 800 g/mol. The second-order valence-corrected chi connectivity index (χ2v) is 29.5. The van der Waals surface area contributed by atoms with Crippen LogP contribution in [0.1, 0.15) is 46.7 Å². The fraction of sp³-hybridized carbons (Fsp3) is 0.179. The van der Waals surface area contributed by atoms with Gasteiger partial charge in [-0.2, -0.15) is 0 Å². The van der Waals surface area contributed by atoms with Gasteiger partial charge in [0.2, 0.25) is 0 Å². The molecular weight excluding hydrogens is 773 g/mol. The molecule has 0 saturated heterocycles. The van der Waals surface area contributed by atoms with Gasteiger partial charge in [0, 0.05) is 0 Å².